The highest BCUT2D eigenvalue weighted by atomic mass is 79.9. The normalized spacial score (nSPS) is 32.1. The molecular formula is C12H18BrNO7. The molecule has 0 amide bonds. The first-order chi connectivity index (χ1) is 9.72. The van der Waals surface area contributed by atoms with Gasteiger partial charge in [0.15, 0.2) is 12.2 Å². The van der Waals surface area contributed by atoms with Crippen LogP contribution in [-0.4, -0.2) is 53.9 Å². The molecule has 0 spiro atoms. The molecule has 8 nitrogen and oxygen atoms in total. The zero-order valence-electron chi connectivity index (χ0n) is 11.9. The van der Waals surface area contributed by atoms with E-state index in [9.17, 15) is 14.4 Å². The molecular weight excluding hydrogens is 350 g/mol. The van der Waals surface area contributed by atoms with E-state index in [2.05, 4.69) is 15.9 Å². The second kappa shape index (κ2) is 7.71. The molecule has 120 valence electrons. The smallest absolute Gasteiger partial charge is 0.303 e. The summed E-state index contributed by atoms with van der Waals surface area (Å²) in [6, 6.07) is -0.744. The van der Waals surface area contributed by atoms with Gasteiger partial charge in [-0.15, -0.1) is 0 Å². The van der Waals surface area contributed by atoms with Gasteiger partial charge >= 0.3 is 17.9 Å². The Morgan fingerprint density at radius 1 is 1.05 bits per heavy atom. The number of carbonyl (C=O) groups excluding carboxylic acids is 3. The minimum absolute atomic E-state index is 0.153. The van der Waals surface area contributed by atoms with Crippen LogP contribution in [0.4, 0.5) is 0 Å². The van der Waals surface area contributed by atoms with Gasteiger partial charge in [0.25, 0.3) is 0 Å². The van der Waals surface area contributed by atoms with E-state index >= 15 is 0 Å². The number of hydrogen-bond donors (Lipinski definition) is 1. The lowest BCUT2D eigenvalue weighted by Crippen LogP contribution is -2.62. The van der Waals surface area contributed by atoms with Crippen LogP contribution in [0.2, 0.25) is 0 Å². The number of esters is 3. The molecule has 1 aliphatic rings. The van der Waals surface area contributed by atoms with Crippen molar-refractivity contribution in [3.8, 4) is 0 Å². The number of alkyl halides is 1. The van der Waals surface area contributed by atoms with E-state index in [0.717, 1.165) is 0 Å². The van der Waals surface area contributed by atoms with Crippen molar-refractivity contribution in [2.75, 3.05) is 6.61 Å². The predicted molar refractivity (Wildman–Crippen MR) is 73.3 cm³/mol. The lowest BCUT2D eigenvalue weighted by atomic mass is 9.98. The number of rotatable bonds is 4. The largest absolute Gasteiger partial charge is 0.463 e. The molecule has 0 unspecified atom stereocenters. The summed E-state index contributed by atoms with van der Waals surface area (Å²) in [6.07, 6.45) is -2.68. The SMILES string of the molecule is CC(=O)OC[C@H]1O[C@@H](Br)[C@H](N)[C@@H](OC(C)=O)[C@@H]1OC(C)=O. The number of nitrogens with two attached hydrogens (primary N) is 1. The molecule has 21 heavy (non-hydrogen) atoms. The lowest BCUT2D eigenvalue weighted by Gasteiger charge is -2.42. The van der Waals surface area contributed by atoms with Crippen molar-refractivity contribution in [3.05, 3.63) is 0 Å². The second-order valence-electron chi connectivity index (χ2n) is 4.55. The van der Waals surface area contributed by atoms with Crippen molar-refractivity contribution in [2.24, 2.45) is 5.73 Å². The molecule has 1 fully saturated rings. The molecule has 1 saturated heterocycles. The Morgan fingerprint density at radius 3 is 2.05 bits per heavy atom. The lowest BCUT2D eigenvalue weighted by molar-refractivity contribution is -0.208. The van der Waals surface area contributed by atoms with E-state index in [0.29, 0.717) is 0 Å². The van der Waals surface area contributed by atoms with Crippen molar-refractivity contribution in [1.82, 2.24) is 0 Å². The van der Waals surface area contributed by atoms with E-state index in [4.69, 9.17) is 24.7 Å². The molecule has 2 N–H and O–H groups in total. The highest BCUT2D eigenvalue weighted by molar-refractivity contribution is 9.09. The summed E-state index contributed by atoms with van der Waals surface area (Å²) in [7, 11) is 0. The van der Waals surface area contributed by atoms with Crippen LogP contribution in [0.3, 0.4) is 0 Å². The summed E-state index contributed by atoms with van der Waals surface area (Å²) in [6.45, 7) is 3.52. The van der Waals surface area contributed by atoms with E-state index in [1.807, 2.05) is 0 Å². The first-order valence-corrected chi connectivity index (χ1v) is 7.17. The van der Waals surface area contributed by atoms with Gasteiger partial charge in [-0.3, -0.25) is 14.4 Å². The molecule has 0 saturated carbocycles. The highest BCUT2D eigenvalue weighted by Gasteiger charge is 2.47. The minimum Gasteiger partial charge on any atom is -0.463 e. The molecule has 5 atom stereocenters. The summed E-state index contributed by atoms with van der Waals surface area (Å²) in [5, 5.41) is -0.644. The maximum Gasteiger partial charge on any atom is 0.303 e. The predicted octanol–water partition coefficient (Wildman–Crippen LogP) is -0.140. The van der Waals surface area contributed by atoms with E-state index in [-0.39, 0.29) is 6.61 Å². The second-order valence-corrected chi connectivity index (χ2v) is 5.46. The zero-order chi connectivity index (χ0) is 16.2. The number of carbonyl (C=O) groups is 3. The van der Waals surface area contributed by atoms with Crippen molar-refractivity contribution >= 4 is 33.8 Å². The van der Waals surface area contributed by atoms with Gasteiger partial charge < -0.3 is 24.7 Å². The van der Waals surface area contributed by atoms with Gasteiger partial charge in [-0.05, 0) is 0 Å². The van der Waals surface area contributed by atoms with Crippen LogP contribution in [0, 0.1) is 0 Å². The molecule has 1 aliphatic heterocycles. The summed E-state index contributed by atoms with van der Waals surface area (Å²) in [5.74, 6) is -1.67. The highest BCUT2D eigenvalue weighted by Crippen LogP contribution is 2.28. The zero-order valence-corrected chi connectivity index (χ0v) is 13.5. The van der Waals surface area contributed by atoms with Crippen molar-refractivity contribution < 1.29 is 33.3 Å². The fourth-order valence-electron chi connectivity index (χ4n) is 1.92. The van der Waals surface area contributed by atoms with Crippen molar-refractivity contribution in [1.29, 1.82) is 0 Å². The van der Waals surface area contributed by atoms with Crippen LogP contribution in [0.1, 0.15) is 20.8 Å². The summed E-state index contributed by atoms with van der Waals surface area (Å²) >= 11 is 3.21. The van der Waals surface area contributed by atoms with Gasteiger partial charge in [0, 0.05) is 20.8 Å². The molecule has 0 radical (unpaired) electrons. The Balaban J connectivity index is 2.94. The van der Waals surface area contributed by atoms with Crippen LogP contribution >= 0.6 is 15.9 Å². The Kier molecular flexibility index (Phi) is 6.56. The Hall–Kier alpha value is -1.19. The van der Waals surface area contributed by atoms with Crippen LogP contribution < -0.4 is 5.73 Å². The van der Waals surface area contributed by atoms with E-state index < -0.39 is 47.3 Å². The molecule has 0 aliphatic carbocycles. The van der Waals surface area contributed by atoms with Crippen LogP contribution in [0.15, 0.2) is 0 Å². The standard InChI is InChI=1S/C12H18BrNO7/c1-5(15)18-4-8-10(19-6(2)16)11(20-7(3)17)9(14)12(13)21-8/h8-12H,4,14H2,1-3H3/t8-,9-,10-,11-,12-/m1/s1. The van der Waals surface area contributed by atoms with E-state index in [1.165, 1.54) is 20.8 Å². The Morgan fingerprint density at radius 2 is 1.57 bits per heavy atom. The molecule has 0 aromatic carbocycles. The van der Waals surface area contributed by atoms with Gasteiger partial charge in [0.1, 0.15) is 17.7 Å². The third-order valence-corrected chi connectivity index (χ3v) is 3.56. The Labute approximate surface area is 130 Å². The monoisotopic (exact) mass is 367 g/mol. The third kappa shape index (κ3) is 5.25. The number of hydrogen-bond acceptors (Lipinski definition) is 8. The number of ether oxygens (including phenoxy) is 4. The average Bonchev–Trinajstić information content (AvgIpc) is 2.35. The van der Waals surface area contributed by atoms with E-state index in [1.54, 1.807) is 0 Å². The summed E-state index contributed by atoms with van der Waals surface area (Å²) in [4.78, 5) is 33.4. The molecule has 1 heterocycles. The summed E-state index contributed by atoms with van der Waals surface area (Å²) in [5.41, 5.74) is 5.91. The topological polar surface area (TPSA) is 114 Å². The Bertz CT molecular complexity index is 416. The van der Waals surface area contributed by atoms with Gasteiger partial charge in [-0.1, -0.05) is 15.9 Å². The summed E-state index contributed by atoms with van der Waals surface area (Å²) < 4.78 is 20.7. The van der Waals surface area contributed by atoms with Crippen LogP contribution in [-0.2, 0) is 33.3 Å². The molecule has 0 bridgehead atoms. The van der Waals surface area contributed by atoms with Gasteiger partial charge in [-0.25, -0.2) is 0 Å². The number of halogens is 1. The molecule has 0 aromatic heterocycles. The molecule has 1 rings (SSSR count). The van der Waals surface area contributed by atoms with Gasteiger partial charge in [0.2, 0.25) is 0 Å². The van der Waals surface area contributed by atoms with Crippen molar-refractivity contribution in [3.63, 3.8) is 0 Å². The van der Waals surface area contributed by atoms with Crippen LogP contribution in [0.5, 0.6) is 0 Å². The molecule has 9 heteroatoms. The first kappa shape index (κ1) is 17.9. The minimum atomic E-state index is -0.963. The quantitative estimate of drug-likeness (QED) is 0.414. The third-order valence-electron chi connectivity index (χ3n) is 2.73. The van der Waals surface area contributed by atoms with Crippen molar-refractivity contribution in [2.45, 2.75) is 50.1 Å². The van der Waals surface area contributed by atoms with Crippen LogP contribution in [0.25, 0.3) is 0 Å². The fraction of sp³-hybridized carbons (Fsp3) is 0.750. The first-order valence-electron chi connectivity index (χ1n) is 6.25. The maximum atomic E-state index is 11.2. The van der Waals surface area contributed by atoms with Gasteiger partial charge in [-0.2, -0.15) is 0 Å². The maximum absolute atomic E-state index is 11.2. The fourth-order valence-corrected chi connectivity index (χ4v) is 2.50. The average molecular weight is 368 g/mol. The van der Waals surface area contributed by atoms with Gasteiger partial charge in [0.05, 0.1) is 6.04 Å². The molecule has 0 aromatic rings.